The summed E-state index contributed by atoms with van der Waals surface area (Å²) in [5.74, 6) is -0.0722. The van der Waals surface area contributed by atoms with E-state index in [1.165, 1.54) is 18.9 Å². The standard InChI is InChI=1S/C21H24N2O5/c1-15(24)23(18-6-4-5-17(14-18)21(26)28-3)12-11-22-20(25)13-16-7-9-19(27-2)10-8-16/h4-10,14H,11-13H2,1-3H3,(H,22,25). The van der Waals surface area contributed by atoms with Gasteiger partial charge in [0.2, 0.25) is 11.8 Å². The number of methoxy groups -OCH3 is 2. The smallest absolute Gasteiger partial charge is 0.337 e. The molecule has 28 heavy (non-hydrogen) atoms. The van der Waals surface area contributed by atoms with E-state index in [0.29, 0.717) is 11.3 Å². The van der Waals surface area contributed by atoms with Crippen molar-refractivity contribution in [3.8, 4) is 5.75 Å². The van der Waals surface area contributed by atoms with Crippen molar-refractivity contribution >= 4 is 23.5 Å². The van der Waals surface area contributed by atoms with Crippen molar-refractivity contribution in [1.82, 2.24) is 5.32 Å². The summed E-state index contributed by atoms with van der Waals surface area (Å²) in [7, 11) is 2.89. The zero-order valence-corrected chi connectivity index (χ0v) is 16.2. The van der Waals surface area contributed by atoms with Crippen LogP contribution >= 0.6 is 0 Å². The number of carbonyl (C=O) groups excluding carboxylic acids is 3. The van der Waals surface area contributed by atoms with Crippen molar-refractivity contribution in [3.05, 3.63) is 59.7 Å². The Hall–Kier alpha value is -3.35. The highest BCUT2D eigenvalue weighted by atomic mass is 16.5. The summed E-state index contributed by atoms with van der Waals surface area (Å²) in [6, 6.07) is 13.9. The minimum absolute atomic E-state index is 0.142. The lowest BCUT2D eigenvalue weighted by atomic mass is 10.1. The first kappa shape index (κ1) is 21.0. The number of carbonyl (C=O) groups is 3. The topological polar surface area (TPSA) is 84.9 Å². The zero-order valence-electron chi connectivity index (χ0n) is 16.2. The Morgan fingerprint density at radius 3 is 2.36 bits per heavy atom. The van der Waals surface area contributed by atoms with E-state index < -0.39 is 5.97 Å². The van der Waals surface area contributed by atoms with E-state index in [1.54, 1.807) is 43.5 Å². The molecule has 1 N–H and O–H groups in total. The summed E-state index contributed by atoms with van der Waals surface area (Å²) in [6.45, 7) is 2.01. The van der Waals surface area contributed by atoms with Crippen molar-refractivity contribution in [2.45, 2.75) is 13.3 Å². The predicted octanol–water partition coefficient (Wildman–Crippen LogP) is 2.19. The van der Waals surface area contributed by atoms with Crippen LogP contribution in [0, 0.1) is 0 Å². The summed E-state index contributed by atoms with van der Waals surface area (Å²) >= 11 is 0. The van der Waals surface area contributed by atoms with Gasteiger partial charge >= 0.3 is 5.97 Å². The van der Waals surface area contributed by atoms with Crippen LogP contribution in [0.1, 0.15) is 22.8 Å². The molecule has 0 saturated heterocycles. The first-order chi connectivity index (χ1) is 13.4. The number of benzene rings is 2. The maximum atomic E-state index is 12.1. The van der Waals surface area contributed by atoms with E-state index in [9.17, 15) is 14.4 Å². The van der Waals surface area contributed by atoms with Crippen LogP contribution in [0.15, 0.2) is 48.5 Å². The highest BCUT2D eigenvalue weighted by Gasteiger charge is 2.14. The Kier molecular flexibility index (Phi) is 7.56. The Morgan fingerprint density at radius 2 is 1.75 bits per heavy atom. The molecular formula is C21H24N2O5. The van der Waals surface area contributed by atoms with Crippen molar-refractivity contribution in [2.75, 3.05) is 32.2 Å². The fourth-order valence-electron chi connectivity index (χ4n) is 2.69. The molecule has 2 amide bonds. The number of amides is 2. The van der Waals surface area contributed by atoms with Crippen molar-refractivity contribution in [1.29, 1.82) is 0 Å². The largest absolute Gasteiger partial charge is 0.497 e. The molecule has 7 heteroatoms. The lowest BCUT2D eigenvalue weighted by Crippen LogP contribution is -2.38. The molecule has 0 bridgehead atoms. The molecular weight excluding hydrogens is 360 g/mol. The molecule has 0 unspecified atom stereocenters. The third-order valence-corrected chi connectivity index (χ3v) is 4.14. The molecule has 0 heterocycles. The Labute approximate surface area is 164 Å². The lowest BCUT2D eigenvalue weighted by molar-refractivity contribution is -0.121. The molecule has 0 fully saturated rings. The fraction of sp³-hybridized carbons (Fsp3) is 0.286. The van der Waals surface area contributed by atoms with Crippen LogP contribution in [-0.2, 0) is 20.7 Å². The van der Waals surface area contributed by atoms with Crippen LogP contribution in [0.2, 0.25) is 0 Å². The highest BCUT2D eigenvalue weighted by molar-refractivity contribution is 5.95. The first-order valence-corrected chi connectivity index (χ1v) is 8.80. The lowest BCUT2D eigenvalue weighted by Gasteiger charge is -2.22. The number of rotatable bonds is 8. The number of hydrogen-bond acceptors (Lipinski definition) is 5. The van der Waals surface area contributed by atoms with Crippen molar-refractivity contribution < 1.29 is 23.9 Å². The van der Waals surface area contributed by atoms with Crippen LogP contribution in [-0.4, -0.2) is 45.1 Å². The van der Waals surface area contributed by atoms with Crippen LogP contribution in [0.3, 0.4) is 0 Å². The van der Waals surface area contributed by atoms with E-state index in [-0.39, 0.29) is 31.3 Å². The molecule has 0 aliphatic heterocycles. The number of anilines is 1. The average Bonchev–Trinajstić information content (AvgIpc) is 2.71. The molecule has 2 aromatic rings. The van der Waals surface area contributed by atoms with Gasteiger partial charge < -0.3 is 19.7 Å². The second kappa shape index (κ2) is 10.1. The molecule has 0 aliphatic carbocycles. The molecule has 0 spiro atoms. The quantitative estimate of drug-likeness (QED) is 0.706. The van der Waals surface area contributed by atoms with Gasteiger partial charge in [-0.25, -0.2) is 4.79 Å². The molecule has 0 radical (unpaired) electrons. The van der Waals surface area contributed by atoms with Gasteiger partial charge in [-0.15, -0.1) is 0 Å². The van der Waals surface area contributed by atoms with Crippen molar-refractivity contribution in [3.63, 3.8) is 0 Å². The third kappa shape index (κ3) is 5.84. The van der Waals surface area contributed by atoms with Gasteiger partial charge in [0.15, 0.2) is 0 Å². The minimum atomic E-state index is -0.474. The van der Waals surface area contributed by atoms with Gasteiger partial charge in [-0.2, -0.15) is 0 Å². The average molecular weight is 384 g/mol. The maximum Gasteiger partial charge on any atom is 0.337 e. The van der Waals surface area contributed by atoms with Crippen LogP contribution in [0.25, 0.3) is 0 Å². The number of nitrogens with zero attached hydrogens (tertiary/aromatic N) is 1. The molecule has 0 aromatic heterocycles. The fourth-order valence-corrected chi connectivity index (χ4v) is 2.69. The monoisotopic (exact) mass is 384 g/mol. The zero-order chi connectivity index (χ0) is 20.5. The summed E-state index contributed by atoms with van der Waals surface area (Å²) in [5.41, 5.74) is 1.79. The second-order valence-corrected chi connectivity index (χ2v) is 6.09. The molecule has 2 rings (SSSR count). The summed E-state index contributed by atoms with van der Waals surface area (Å²) in [5, 5.41) is 2.81. The third-order valence-electron chi connectivity index (χ3n) is 4.14. The van der Waals surface area contributed by atoms with E-state index in [0.717, 1.165) is 11.3 Å². The molecule has 0 aliphatic rings. The normalized spacial score (nSPS) is 10.1. The van der Waals surface area contributed by atoms with E-state index in [4.69, 9.17) is 9.47 Å². The Bertz CT molecular complexity index is 833. The number of esters is 1. The van der Waals surface area contributed by atoms with Gasteiger partial charge in [-0.3, -0.25) is 9.59 Å². The predicted molar refractivity (Wildman–Crippen MR) is 106 cm³/mol. The molecule has 0 saturated carbocycles. The SMILES string of the molecule is COC(=O)c1cccc(N(CCNC(=O)Cc2ccc(OC)cc2)C(C)=O)c1. The van der Waals surface area contributed by atoms with Gasteiger partial charge in [-0.1, -0.05) is 18.2 Å². The molecule has 148 valence electrons. The van der Waals surface area contributed by atoms with Gasteiger partial charge in [0.25, 0.3) is 0 Å². The highest BCUT2D eigenvalue weighted by Crippen LogP contribution is 2.17. The van der Waals surface area contributed by atoms with Crippen LogP contribution in [0.5, 0.6) is 5.75 Å². The Balaban J connectivity index is 1.93. The number of ether oxygens (including phenoxy) is 2. The maximum absolute atomic E-state index is 12.1. The van der Waals surface area contributed by atoms with Crippen molar-refractivity contribution in [2.24, 2.45) is 0 Å². The van der Waals surface area contributed by atoms with Gasteiger partial charge in [-0.05, 0) is 35.9 Å². The van der Waals surface area contributed by atoms with E-state index in [2.05, 4.69) is 5.32 Å². The number of hydrogen-bond donors (Lipinski definition) is 1. The van der Waals surface area contributed by atoms with Crippen LogP contribution < -0.4 is 15.0 Å². The molecule has 2 aromatic carbocycles. The van der Waals surface area contributed by atoms with Gasteiger partial charge in [0, 0.05) is 25.7 Å². The van der Waals surface area contributed by atoms with Gasteiger partial charge in [0.05, 0.1) is 26.2 Å². The molecule has 7 nitrogen and oxygen atoms in total. The van der Waals surface area contributed by atoms with E-state index in [1.807, 2.05) is 12.1 Å². The van der Waals surface area contributed by atoms with Crippen LogP contribution in [0.4, 0.5) is 5.69 Å². The second-order valence-electron chi connectivity index (χ2n) is 6.09. The first-order valence-electron chi connectivity index (χ1n) is 8.80. The number of nitrogens with one attached hydrogen (secondary N) is 1. The minimum Gasteiger partial charge on any atom is -0.497 e. The van der Waals surface area contributed by atoms with E-state index >= 15 is 0 Å². The summed E-state index contributed by atoms with van der Waals surface area (Å²) in [6.07, 6.45) is 0.238. The summed E-state index contributed by atoms with van der Waals surface area (Å²) in [4.78, 5) is 37.3. The Morgan fingerprint density at radius 1 is 1.04 bits per heavy atom. The van der Waals surface area contributed by atoms with Gasteiger partial charge in [0.1, 0.15) is 5.75 Å². The molecule has 0 atom stereocenters. The summed E-state index contributed by atoms with van der Waals surface area (Å²) < 4.78 is 9.80.